The molecule has 2 N–H and O–H groups in total. The summed E-state index contributed by atoms with van der Waals surface area (Å²) in [5, 5.41) is 5.68. The minimum atomic E-state index is -0.659. The summed E-state index contributed by atoms with van der Waals surface area (Å²) in [5.74, 6) is -0.0484. The third kappa shape index (κ3) is 4.34. The predicted molar refractivity (Wildman–Crippen MR) is 105 cm³/mol. The number of hydrogen-bond donors (Lipinski definition) is 2. The molecule has 1 heterocycles. The van der Waals surface area contributed by atoms with Gasteiger partial charge in [0.25, 0.3) is 5.91 Å². The van der Waals surface area contributed by atoms with Crippen molar-refractivity contribution in [3.05, 3.63) is 59.5 Å². The number of amides is 2. The summed E-state index contributed by atoms with van der Waals surface area (Å²) in [7, 11) is 0. The Morgan fingerprint density at radius 3 is 2.41 bits per heavy atom. The van der Waals surface area contributed by atoms with E-state index < -0.39 is 6.04 Å². The van der Waals surface area contributed by atoms with Gasteiger partial charge < -0.3 is 15.1 Å². The quantitative estimate of drug-likeness (QED) is 0.719. The highest BCUT2D eigenvalue weighted by atomic mass is 16.3. The Labute approximate surface area is 158 Å². The Hall–Kier alpha value is -3.15. The molecule has 0 bridgehead atoms. The van der Waals surface area contributed by atoms with Crippen molar-refractivity contribution in [2.75, 3.05) is 5.32 Å². The molecule has 3 aromatic rings. The van der Waals surface area contributed by atoms with E-state index in [0.717, 1.165) is 5.56 Å². The number of nitrogens with one attached hydrogen (secondary N) is 2. The minimum Gasteiger partial charge on any atom is -0.441 e. The van der Waals surface area contributed by atoms with Crippen LogP contribution in [0.3, 0.4) is 0 Å². The largest absolute Gasteiger partial charge is 0.441 e. The molecule has 0 saturated carbocycles. The number of aromatic nitrogens is 1. The number of aryl methyl sites for hydroxylation is 2. The molecule has 0 aliphatic heterocycles. The van der Waals surface area contributed by atoms with Crippen molar-refractivity contribution in [1.29, 1.82) is 0 Å². The highest BCUT2D eigenvalue weighted by Crippen LogP contribution is 2.20. The topological polar surface area (TPSA) is 84.2 Å². The Kier molecular flexibility index (Phi) is 5.26. The molecule has 140 valence electrons. The van der Waals surface area contributed by atoms with E-state index in [9.17, 15) is 9.59 Å². The van der Waals surface area contributed by atoms with Gasteiger partial charge in [0.2, 0.25) is 5.91 Å². The number of anilines is 1. The Morgan fingerprint density at radius 1 is 1.04 bits per heavy atom. The lowest BCUT2D eigenvalue weighted by Crippen LogP contribution is -2.47. The van der Waals surface area contributed by atoms with Crippen molar-refractivity contribution in [2.45, 2.75) is 33.7 Å². The number of carbonyl (C=O) groups is 2. The van der Waals surface area contributed by atoms with Crippen molar-refractivity contribution in [1.82, 2.24) is 10.3 Å². The van der Waals surface area contributed by atoms with Crippen LogP contribution >= 0.6 is 0 Å². The third-order valence-electron chi connectivity index (χ3n) is 4.31. The molecular formula is C21H23N3O3. The lowest BCUT2D eigenvalue weighted by molar-refractivity contribution is -0.118. The maximum Gasteiger partial charge on any atom is 0.251 e. The van der Waals surface area contributed by atoms with E-state index in [-0.39, 0.29) is 17.7 Å². The van der Waals surface area contributed by atoms with Gasteiger partial charge in [-0.25, -0.2) is 4.98 Å². The van der Waals surface area contributed by atoms with Gasteiger partial charge in [-0.1, -0.05) is 31.5 Å². The first-order valence-electron chi connectivity index (χ1n) is 8.89. The minimum absolute atomic E-state index is 0.0718. The molecule has 0 aliphatic carbocycles. The fraction of sp³-hybridized carbons (Fsp3) is 0.286. The highest BCUT2D eigenvalue weighted by molar-refractivity contribution is 6.01. The molecule has 6 nitrogen and oxygen atoms in total. The molecule has 1 aromatic heterocycles. The second-order valence-electron chi connectivity index (χ2n) is 6.97. The van der Waals surface area contributed by atoms with E-state index >= 15 is 0 Å². The number of nitrogens with zero attached hydrogens (tertiary/aromatic N) is 1. The molecule has 2 aromatic carbocycles. The maximum atomic E-state index is 12.7. The van der Waals surface area contributed by atoms with Gasteiger partial charge in [-0.15, -0.1) is 0 Å². The number of rotatable bonds is 5. The monoisotopic (exact) mass is 365 g/mol. The number of oxazole rings is 1. The summed E-state index contributed by atoms with van der Waals surface area (Å²) in [6, 6.07) is 11.9. The van der Waals surface area contributed by atoms with Crippen LogP contribution in [-0.4, -0.2) is 22.8 Å². The smallest absolute Gasteiger partial charge is 0.251 e. The summed E-state index contributed by atoms with van der Waals surface area (Å²) in [6.45, 7) is 7.51. The molecule has 3 rings (SSSR count). The average molecular weight is 365 g/mol. The lowest BCUT2D eigenvalue weighted by atomic mass is 10.0. The molecule has 1 unspecified atom stereocenters. The van der Waals surface area contributed by atoms with Gasteiger partial charge in [-0.3, -0.25) is 9.59 Å². The summed E-state index contributed by atoms with van der Waals surface area (Å²) in [6.07, 6.45) is 0. The van der Waals surface area contributed by atoms with E-state index in [0.29, 0.717) is 28.2 Å². The molecule has 2 amide bonds. The van der Waals surface area contributed by atoms with Gasteiger partial charge in [-0.05, 0) is 43.2 Å². The second kappa shape index (κ2) is 7.61. The molecule has 0 radical (unpaired) electrons. The number of carbonyl (C=O) groups excluding carboxylic acids is 2. The first kappa shape index (κ1) is 18.6. The van der Waals surface area contributed by atoms with Crippen molar-refractivity contribution in [3.8, 4) is 0 Å². The van der Waals surface area contributed by atoms with Crippen molar-refractivity contribution < 1.29 is 14.0 Å². The van der Waals surface area contributed by atoms with Gasteiger partial charge in [0.1, 0.15) is 11.6 Å². The molecule has 0 saturated heterocycles. The van der Waals surface area contributed by atoms with Crippen molar-refractivity contribution >= 4 is 28.6 Å². The molecule has 6 heteroatoms. The molecular weight excluding hydrogens is 342 g/mol. The zero-order valence-corrected chi connectivity index (χ0v) is 15.9. The summed E-state index contributed by atoms with van der Waals surface area (Å²) in [5.41, 5.74) is 3.55. The van der Waals surface area contributed by atoms with Gasteiger partial charge in [0.15, 0.2) is 11.5 Å². The van der Waals surface area contributed by atoms with Gasteiger partial charge >= 0.3 is 0 Å². The molecule has 0 fully saturated rings. The standard InChI is InChI=1S/C21H23N3O3/c1-12(2)19(24-20(25)15-7-5-13(3)6-8-15)21(26)23-16-9-10-18-17(11-16)22-14(4)27-18/h5-12,19H,1-4H3,(H,23,26)(H,24,25). The SMILES string of the molecule is Cc1ccc(C(=O)NC(C(=O)Nc2ccc3oc(C)nc3c2)C(C)C)cc1. The van der Waals surface area contributed by atoms with E-state index in [1.54, 1.807) is 37.3 Å². The number of fused-ring (bicyclic) bond motifs is 1. The lowest BCUT2D eigenvalue weighted by Gasteiger charge is -2.21. The molecule has 27 heavy (non-hydrogen) atoms. The molecule has 0 spiro atoms. The van der Waals surface area contributed by atoms with Crippen molar-refractivity contribution in [2.24, 2.45) is 5.92 Å². The normalized spacial score (nSPS) is 12.2. The zero-order valence-electron chi connectivity index (χ0n) is 15.9. The molecule has 1 atom stereocenters. The van der Waals surface area contributed by atoms with E-state index in [1.807, 2.05) is 32.9 Å². The van der Waals surface area contributed by atoms with Crippen LogP contribution < -0.4 is 10.6 Å². The zero-order chi connectivity index (χ0) is 19.6. The van der Waals surface area contributed by atoms with E-state index in [2.05, 4.69) is 15.6 Å². The second-order valence-corrected chi connectivity index (χ2v) is 6.97. The summed E-state index contributed by atoms with van der Waals surface area (Å²) in [4.78, 5) is 29.5. The van der Waals surface area contributed by atoms with Gasteiger partial charge in [0.05, 0.1) is 0 Å². The first-order valence-corrected chi connectivity index (χ1v) is 8.89. The van der Waals surface area contributed by atoms with Crippen LogP contribution in [0.2, 0.25) is 0 Å². The number of benzene rings is 2. The van der Waals surface area contributed by atoms with E-state index in [4.69, 9.17) is 4.42 Å². The van der Waals surface area contributed by atoms with Crippen LogP contribution in [0.25, 0.3) is 11.1 Å². The van der Waals surface area contributed by atoms with E-state index in [1.165, 1.54) is 0 Å². The summed E-state index contributed by atoms with van der Waals surface area (Å²) < 4.78 is 5.44. The third-order valence-corrected chi connectivity index (χ3v) is 4.31. The van der Waals surface area contributed by atoms with Crippen LogP contribution in [-0.2, 0) is 4.79 Å². The summed E-state index contributed by atoms with van der Waals surface area (Å²) >= 11 is 0. The van der Waals surface area contributed by atoms with Crippen LogP contribution in [0.5, 0.6) is 0 Å². The fourth-order valence-electron chi connectivity index (χ4n) is 2.80. The Bertz CT molecular complexity index is 974. The predicted octanol–water partition coefficient (Wildman–Crippen LogP) is 3.84. The van der Waals surface area contributed by atoms with Gasteiger partial charge in [-0.2, -0.15) is 0 Å². The first-order chi connectivity index (χ1) is 12.8. The molecule has 0 aliphatic rings. The van der Waals surface area contributed by atoms with Crippen LogP contribution in [0.4, 0.5) is 5.69 Å². The number of hydrogen-bond acceptors (Lipinski definition) is 4. The Morgan fingerprint density at radius 2 is 1.74 bits per heavy atom. The van der Waals surface area contributed by atoms with Crippen molar-refractivity contribution in [3.63, 3.8) is 0 Å². The average Bonchev–Trinajstić information content (AvgIpc) is 2.99. The van der Waals surface area contributed by atoms with Gasteiger partial charge in [0, 0.05) is 18.2 Å². The highest BCUT2D eigenvalue weighted by Gasteiger charge is 2.25. The van der Waals surface area contributed by atoms with Crippen LogP contribution in [0.15, 0.2) is 46.9 Å². The Balaban J connectivity index is 1.73. The van der Waals surface area contributed by atoms with Crippen LogP contribution in [0, 0.1) is 19.8 Å². The van der Waals surface area contributed by atoms with Crippen LogP contribution in [0.1, 0.15) is 35.7 Å². The maximum absolute atomic E-state index is 12.7. The fourth-order valence-corrected chi connectivity index (χ4v) is 2.80.